The van der Waals surface area contributed by atoms with E-state index in [4.69, 9.17) is 4.74 Å². The molecule has 0 fully saturated rings. The molecule has 0 saturated carbocycles. The first-order chi connectivity index (χ1) is 15.0. The molecular formula is C23H20N4O3S. The second-order valence-electron chi connectivity index (χ2n) is 6.80. The molecule has 2 aromatic carbocycles. The van der Waals surface area contributed by atoms with E-state index in [1.807, 2.05) is 60.7 Å². The molecular weight excluding hydrogens is 412 g/mol. The molecule has 7 nitrogen and oxygen atoms in total. The molecule has 31 heavy (non-hydrogen) atoms. The molecule has 0 radical (unpaired) electrons. The van der Waals surface area contributed by atoms with Crippen LogP contribution in [0.15, 0.2) is 66.7 Å². The first-order valence-electron chi connectivity index (χ1n) is 9.58. The Hall–Kier alpha value is -3.78. The van der Waals surface area contributed by atoms with Gasteiger partial charge in [0.2, 0.25) is 0 Å². The van der Waals surface area contributed by atoms with E-state index >= 15 is 0 Å². The molecule has 4 aromatic rings. The fourth-order valence-corrected chi connectivity index (χ4v) is 4.13. The Kier molecular flexibility index (Phi) is 5.90. The highest BCUT2D eigenvalue weighted by Gasteiger charge is 2.22. The van der Waals surface area contributed by atoms with E-state index in [0.29, 0.717) is 22.9 Å². The number of anilines is 1. The first kappa shape index (κ1) is 20.5. The van der Waals surface area contributed by atoms with E-state index in [1.54, 1.807) is 13.1 Å². The molecule has 2 aromatic heterocycles. The Morgan fingerprint density at radius 2 is 1.74 bits per heavy atom. The number of hydrogen-bond acceptors (Lipinski definition) is 6. The number of thiazole rings is 1. The summed E-state index contributed by atoms with van der Waals surface area (Å²) >= 11 is 1.26. The Morgan fingerprint density at radius 1 is 1.06 bits per heavy atom. The zero-order chi connectivity index (χ0) is 21.8. The molecule has 0 aliphatic heterocycles. The number of esters is 1. The Labute approximate surface area is 183 Å². The van der Waals surface area contributed by atoms with Crippen LogP contribution in [0.1, 0.15) is 31.4 Å². The predicted molar refractivity (Wildman–Crippen MR) is 119 cm³/mol. The van der Waals surface area contributed by atoms with Crippen LogP contribution < -0.4 is 5.32 Å². The van der Waals surface area contributed by atoms with Crippen molar-refractivity contribution in [2.24, 2.45) is 7.05 Å². The second kappa shape index (κ2) is 8.93. The van der Waals surface area contributed by atoms with Crippen molar-refractivity contribution in [1.82, 2.24) is 14.8 Å². The third kappa shape index (κ3) is 4.54. The topological polar surface area (TPSA) is 86.1 Å². The van der Waals surface area contributed by atoms with Crippen molar-refractivity contribution in [1.29, 1.82) is 0 Å². The summed E-state index contributed by atoms with van der Waals surface area (Å²) in [6.07, 6.45) is 0.517. The first-order valence-corrected chi connectivity index (χ1v) is 10.4. The van der Waals surface area contributed by atoms with Gasteiger partial charge in [0.05, 0.1) is 12.8 Å². The number of carbonyl (C=O) groups excluding carboxylic acids is 2. The van der Waals surface area contributed by atoms with Gasteiger partial charge in [-0.2, -0.15) is 5.10 Å². The molecule has 2 heterocycles. The Balaban J connectivity index is 1.58. The predicted octanol–water partition coefficient (Wildman–Crippen LogP) is 4.17. The Bertz CT molecular complexity index is 1220. The van der Waals surface area contributed by atoms with Crippen LogP contribution in [0.2, 0.25) is 0 Å². The number of nitrogens with one attached hydrogen (secondary N) is 1. The molecule has 0 atom stereocenters. The van der Waals surface area contributed by atoms with Gasteiger partial charge in [0.15, 0.2) is 10.8 Å². The van der Waals surface area contributed by atoms with Gasteiger partial charge >= 0.3 is 5.97 Å². The lowest BCUT2D eigenvalue weighted by Crippen LogP contribution is -2.16. The largest absolute Gasteiger partial charge is 0.464 e. The fourth-order valence-electron chi connectivity index (χ4n) is 3.15. The van der Waals surface area contributed by atoms with Crippen LogP contribution in [-0.4, -0.2) is 33.8 Å². The van der Waals surface area contributed by atoms with Crippen molar-refractivity contribution in [2.45, 2.75) is 6.42 Å². The van der Waals surface area contributed by atoms with Crippen LogP contribution in [0.5, 0.6) is 0 Å². The summed E-state index contributed by atoms with van der Waals surface area (Å²) in [6.45, 7) is 0. The van der Waals surface area contributed by atoms with Crippen LogP contribution >= 0.6 is 11.3 Å². The average molecular weight is 433 g/mol. The number of rotatable bonds is 6. The van der Waals surface area contributed by atoms with Gasteiger partial charge in [0.1, 0.15) is 5.69 Å². The summed E-state index contributed by atoms with van der Waals surface area (Å²) in [5.41, 5.74) is 3.25. The zero-order valence-corrected chi connectivity index (χ0v) is 17.8. The highest BCUT2D eigenvalue weighted by atomic mass is 32.1. The molecule has 1 amide bonds. The zero-order valence-electron chi connectivity index (χ0n) is 17.0. The number of benzene rings is 2. The van der Waals surface area contributed by atoms with E-state index in [0.717, 1.165) is 16.0 Å². The van der Waals surface area contributed by atoms with Crippen LogP contribution in [0.4, 0.5) is 5.13 Å². The number of hydrogen-bond donors (Lipinski definition) is 1. The molecule has 0 aliphatic carbocycles. The summed E-state index contributed by atoms with van der Waals surface area (Å²) in [5, 5.41) is 7.55. The molecule has 156 valence electrons. The van der Waals surface area contributed by atoms with Crippen molar-refractivity contribution in [3.63, 3.8) is 0 Å². The van der Waals surface area contributed by atoms with Crippen LogP contribution in [0.25, 0.3) is 11.3 Å². The molecule has 0 bridgehead atoms. The number of amides is 1. The molecule has 1 N–H and O–H groups in total. The maximum Gasteiger partial charge on any atom is 0.357 e. The number of aryl methyl sites for hydroxylation is 1. The molecule has 0 saturated heterocycles. The number of aromatic nitrogens is 3. The highest BCUT2D eigenvalue weighted by Crippen LogP contribution is 2.27. The minimum atomic E-state index is -0.533. The molecule has 0 unspecified atom stereocenters. The summed E-state index contributed by atoms with van der Waals surface area (Å²) in [6, 6.07) is 21.1. The number of ether oxygens (including phenoxy) is 1. The lowest BCUT2D eigenvalue weighted by molar-refractivity contribution is 0.0593. The van der Waals surface area contributed by atoms with Gasteiger partial charge in [-0.25, -0.2) is 9.78 Å². The van der Waals surface area contributed by atoms with Crippen molar-refractivity contribution in [2.75, 3.05) is 12.4 Å². The second-order valence-corrected chi connectivity index (χ2v) is 7.89. The minimum Gasteiger partial charge on any atom is -0.464 e. The van der Waals surface area contributed by atoms with E-state index < -0.39 is 5.97 Å². The fraction of sp³-hybridized carbons (Fsp3) is 0.130. The normalized spacial score (nSPS) is 10.6. The van der Waals surface area contributed by atoms with Crippen LogP contribution in [0.3, 0.4) is 0 Å². The monoisotopic (exact) mass is 432 g/mol. The summed E-state index contributed by atoms with van der Waals surface area (Å²) in [4.78, 5) is 30.1. The SMILES string of the molecule is COC(=O)c1nc(NC(=O)c2cc(-c3ccccc3)nn2C)sc1Cc1ccccc1. The van der Waals surface area contributed by atoms with Crippen molar-refractivity contribution < 1.29 is 14.3 Å². The summed E-state index contributed by atoms with van der Waals surface area (Å²) < 4.78 is 6.39. The summed E-state index contributed by atoms with van der Waals surface area (Å²) in [5.74, 6) is -0.886. The molecule has 8 heteroatoms. The van der Waals surface area contributed by atoms with E-state index in [-0.39, 0.29) is 11.6 Å². The smallest absolute Gasteiger partial charge is 0.357 e. The van der Waals surface area contributed by atoms with Gasteiger partial charge in [-0.3, -0.25) is 14.8 Å². The lowest BCUT2D eigenvalue weighted by Gasteiger charge is -2.01. The van der Waals surface area contributed by atoms with E-state index in [1.165, 1.54) is 23.1 Å². The summed E-state index contributed by atoms with van der Waals surface area (Å²) in [7, 11) is 3.02. The number of methoxy groups -OCH3 is 1. The van der Waals surface area contributed by atoms with Gasteiger partial charge in [-0.05, 0) is 11.6 Å². The minimum absolute atomic E-state index is 0.210. The van der Waals surface area contributed by atoms with Crippen molar-refractivity contribution >= 4 is 28.3 Å². The molecule has 4 rings (SSSR count). The maximum absolute atomic E-state index is 12.9. The lowest BCUT2D eigenvalue weighted by atomic mass is 10.1. The van der Waals surface area contributed by atoms with E-state index in [2.05, 4.69) is 15.4 Å². The van der Waals surface area contributed by atoms with E-state index in [9.17, 15) is 9.59 Å². The van der Waals surface area contributed by atoms with Gasteiger partial charge < -0.3 is 4.74 Å². The van der Waals surface area contributed by atoms with Crippen molar-refractivity contribution in [3.05, 3.63) is 88.6 Å². The number of carbonyl (C=O) groups is 2. The molecule has 0 spiro atoms. The third-order valence-corrected chi connectivity index (χ3v) is 5.66. The average Bonchev–Trinajstić information content (AvgIpc) is 3.37. The molecule has 0 aliphatic rings. The van der Waals surface area contributed by atoms with Gasteiger partial charge in [0, 0.05) is 23.9 Å². The highest BCUT2D eigenvalue weighted by molar-refractivity contribution is 7.16. The quantitative estimate of drug-likeness (QED) is 0.462. The van der Waals surface area contributed by atoms with Gasteiger partial charge in [0.25, 0.3) is 5.91 Å². The van der Waals surface area contributed by atoms with Crippen molar-refractivity contribution in [3.8, 4) is 11.3 Å². The van der Waals surface area contributed by atoms with Crippen LogP contribution in [-0.2, 0) is 18.2 Å². The van der Waals surface area contributed by atoms with Gasteiger partial charge in [-0.15, -0.1) is 11.3 Å². The maximum atomic E-state index is 12.9. The third-order valence-electron chi connectivity index (χ3n) is 4.69. The standard InChI is InChI=1S/C23H20N4O3S/c1-27-18(14-17(26-27)16-11-7-4-8-12-16)21(28)25-23-24-20(22(29)30-2)19(31-23)13-15-9-5-3-6-10-15/h3-12,14H,13H2,1-2H3,(H,24,25,28). The van der Waals surface area contributed by atoms with Gasteiger partial charge in [-0.1, -0.05) is 60.7 Å². The number of nitrogens with zero attached hydrogens (tertiary/aromatic N) is 3. The Morgan fingerprint density at radius 3 is 2.42 bits per heavy atom. The van der Waals surface area contributed by atoms with Crippen LogP contribution in [0, 0.1) is 0 Å².